The van der Waals surface area contributed by atoms with Crippen molar-refractivity contribution in [3.63, 3.8) is 0 Å². The number of rotatable bonds is 7. The Bertz CT molecular complexity index is 512. The van der Waals surface area contributed by atoms with Gasteiger partial charge in [-0.1, -0.05) is 30.3 Å². The Morgan fingerprint density at radius 2 is 1.80 bits per heavy atom. The highest BCUT2D eigenvalue weighted by Crippen LogP contribution is 1.97. The molecule has 0 atom stereocenters. The average Bonchev–Trinajstić information content (AvgIpc) is 2.41. The van der Waals surface area contributed by atoms with Gasteiger partial charge in [0.05, 0.1) is 5.75 Å². The summed E-state index contributed by atoms with van der Waals surface area (Å²) >= 11 is 0. The second-order valence-corrected chi connectivity index (χ2v) is 6.90. The second kappa shape index (κ2) is 8.58. The molecule has 20 heavy (non-hydrogen) atoms. The van der Waals surface area contributed by atoms with Crippen molar-refractivity contribution in [3.05, 3.63) is 35.9 Å². The lowest BCUT2D eigenvalue weighted by Crippen LogP contribution is -2.39. The highest BCUT2D eigenvalue weighted by molar-refractivity contribution is 7.90. The van der Waals surface area contributed by atoms with E-state index in [-0.39, 0.29) is 5.75 Å². The fourth-order valence-electron chi connectivity index (χ4n) is 1.73. The highest BCUT2D eigenvalue weighted by Gasteiger charge is 2.02. The lowest BCUT2D eigenvalue weighted by atomic mass is 10.1. The summed E-state index contributed by atoms with van der Waals surface area (Å²) in [4.78, 5) is 4.10. The maximum absolute atomic E-state index is 11.0. The molecule has 0 aliphatic carbocycles. The molecular formula is C14H23N3O2S. The van der Waals surface area contributed by atoms with Gasteiger partial charge in [-0.2, -0.15) is 0 Å². The van der Waals surface area contributed by atoms with Gasteiger partial charge >= 0.3 is 0 Å². The van der Waals surface area contributed by atoms with Crippen LogP contribution in [0.4, 0.5) is 0 Å². The van der Waals surface area contributed by atoms with Crippen LogP contribution in [0, 0.1) is 0 Å². The van der Waals surface area contributed by atoms with Gasteiger partial charge in [0.2, 0.25) is 0 Å². The molecule has 1 aromatic carbocycles. The highest BCUT2D eigenvalue weighted by atomic mass is 32.2. The summed E-state index contributed by atoms with van der Waals surface area (Å²) in [6.07, 6.45) is 2.75. The van der Waals surface area contributed by atoms with E-state index in [1.165, 1.54) is 11.8 Å². The van der Waals surface area contributed by atoms with Crippen LogP contribution in [-0.4, -0.2) is 46.5 Å². The minimum Gasteiger partial charge on any atom is -0.356 e. The summed E-state index contributed by atoms with van der Waals surface area (Å²) in [7, 11) is -1.18. The van der Waals surface area contributed by atoms with E-state index in [4.69, 9.17) is 0 Å². The zero-order chi connectivity index (χ0) is 14.8. The fraction of sp³-hybridized carbons (Fsp3) is 0.500. The minimum absolute atomic E-state index is 0.195. The van der Waals surface area contributed by atoms with Crippen molar-refractivity contribution in [1.82, 2.24) is 10.6 Å². The van der Waals surface area contributed by atoms with Crippen molar-refractivity contribution in [2.24, 2.45) is 4.99 Å². The number of nitrogens with zero attached hydrogens (tertiary/aromatic N) is 1. The van der Waals surface area contributed by atoms with Crippen LogP contribution >= 0.6 is 0 Å². The van der Waals surface area contributed by atoms with Gasteiger partial charge in [0.15, 0.2) is 5.96 Å². The summed E-state index contributed by atoms with van der Waals surface area (Å²) in [6, 6.07) is 10.2. The molecule has 0 aliphatic heterocycles. The number of aliphatic imine (C=N–C) groups is 1. The van der Waals surface area contributed by atoms with Crippen LogP contribution in [0.25, 0.3) is 0 Å². The topological polar surface area (TPSA) is 70.6 Å². The molecule has 0 saturated heterocycles. The zero-order valence-electron chi connectivity index (χ0n) is 12.1. The monoisotopic (exact) mass is 297 g/mol. The van der Waals surface area contributed by atoms with E-state index in [1.807, 2.05) is 18.2 Å². The van der Waals surface area contributed by atoms with Crippen LogP contribution in [0.5, 0.6) is 0 Å². The van der Waals surface area contributed by atoms with E-state index in [9.17, 15) is 8.42 Å². The molecule has 0 spiro atoms. The van der Waals surface area contributed by atoms with Crippen molar-refractivity contribution in [3.8, 4) is 0 Å². The Hall–Kier alpha value is -1.56. The lowest BCUT2D eigenvalue weighted by molar-refractivity contribution is 0.598. The Kier molecular flexibility index (Phi) is 7.08. The first kappa shape index (κ1) is 16.5. The number of nitrogens with one attached hydrogen (secondary N) is 2. The zero-order valence-corrected chi connectivity index (χ0v) is 12.9. The van der Waals surface area contributed by atoms with Crippen molar-refractivity contribution in [1.29, 1.82) is 0 Å². The van der Waals surface area contributed by atoms with E-state index in [0.717, 1.165) is 13.0 Å². The summed E-state index contributed by atoms with van der Waals surface area (Å²) in [6.45, 7) is 1.38. The Morgan fingerprint density at radius 3 is 2.40 bits per heavy atom. The molecule has 0 bridgehead atoms. The van der Waals surface area contributed by atoms with Gasteiger partial charge in [-0.3, -0.25) is 4.99 Å². The molecule has 0 fully saturated rings. The number of sulfone groups is 1. The van der Waals surface area contributed by atoms with Gasteiger partial charge in [-0.05, 0) is 18.4 Å². The van der Waals surface area contributed by atoms with Crippen LogP contribution in [0.3, 0.4) is 0 Å². The first-order valence-corrected chi connectivity index (χ1v) is 8.73. The molecule has 0 unspecified atom stereocenters. The average molecular weight is 297 g/mol. The van der Waals surface area contributed by atoms with Gasteiger partial charge in [0.1, 0.15) is 9.84 Å². The minimum atomic E-state index is -2.88. The Morgan fingerprint density at radius 1 is 1.15 bits per heavy atom. The fourth-order valence-corrected chi connectivity index (χ4v) is 2.40. The van der Waals surface area contributed by atoms with Crippen LogP contribution in [0.15, 0.2) is 35.3 Å². The van der Waals surface area contributed by atoms with Crippen LogP contribution in [0.1, 0.15) is 12.0 Å². The third-order valence-corrected chi connectivity index (χ3v) is 3.79. The molecule has 0 saturated carbocycles. The van der Waals surface area contributed by atoms with E-state index < -0.39 is 9.84 Å². The van der Waals surface area contributed by atoms with Crippen molar-refractivity contribution >= 4 is 15.8 Å². The Balaban J connectivity index is 2.20. The maximum Gasteiger partial charge on any atom is 0.190 e. The molecule has 5 nitrogen and oxygen atoms in total. The van der Waals surface area contributed by atoms with Gasteiger partial charge in [-0.15, -0.1) is 0 Å². The molecule has 1 aromatic rings. The molecule has 0 aromatic heterocycles. The van der Waals surface area contributed by atoms with Crippen molar-refractivity contribution < 1.29 is 8.42 Å². The Labute approximate surface area is 121 Å². The first-order valence-electron chi connectivity index (χ1n) is 6.67. The molecule has 112 valence electrons. The SMILES string of the molecule is CN=C(NCCCS(C)(=O)=O)NCCc1ccccc1. The number of hydrogen-bond donors (Lipinski definition) is 2. The molecule has 0 amide bonds. The second-order valence-electron chi connectivity index (χ2n) is 4.64. The van der Waals surface area contributed by atoms with Crippen LogP contribution in [0.2, 0.25) is 0 Å². The molecule has 0 radical (unpaired) electrons. The van der Waals surface area contributed by atoms with Gasteiger partial charge < -0.3 is 10.6 Å². The van der Waals surface area contributed by atoms with E-state index >= 15 is 0 Å². The van der Waals surface area contributed by atoms with Gasteiger partial charge in [0, 0.05) is 26.4 Å². The van der Waals surface area contributed by atoms with Gasteiger partial charge in [0.25, 0.3) is 0 Å². The summed E-state index contributed by atoms with van der Waals surface area (Å²) in [5.74, 6) is 0.899. The molecule has 6 heteroatoms. The largest absolute Gasteiger partial charge is 0.356 e. The molecule has 0 aliphatic rings. The maximum atomic E-state index is 11.0. The predicted octanol–water partition coefficient (Wildman–Crippen LogP) is 0.829. The van der Waals surface area contributed by atoms with E-state index in [1.54, 1.807) is 7.05 Å². The quantitative estimate of drug-likeness (QED) is 0.444. The van der Waals surface area contributed by atoms with Crippen molar-refractivity contribution in [2.45, 2.75) is 12.8 Å². The molecule has 0 heterocycles. The van der Waals surface area contributed by atoms with Crippen LogP contribution < -0.4 is 10.6 Å². The predicted molar refractivity (Wildman–Crippen MR) is 83.8 cm³/mol. The van der Waals surface area contributed by atoms with E-state index in [0.29, 0.717) is 18.9 Å². The normalized spacial score (nSPS) is 12.2. The van der Waals surface area contributed by atoms with Crippen molar-refractivity contribution in [2.75, 3.05) is 32.1 Å². The lowest BCUT2D eigenvalue weighted by Gasteiger charge is -2.11. The smallest absolute Gasteiger partial charge is 0.190 e. The van der Waals surface area contributed by atoms with E-state index in [2.05, 4.69) is 27.8 Å². The number of benzene rings is 1. The molecule has 1 rings (SSSR count). The molecule has 2 N–H and O–H groups in total. The standard InChI is InChI=1S/C14H23N3O2S/c1-15-14(16-10-6-12-20(2,18)19)17-11-9-13-7-4-3-5-8-13/h3-5,7-8H,6,9-12H2,1-2H3,(H2,15,16,17). The number of guanidine groups is 1. The van der Waals surface area contributed by atoms with Crippen LogP contribution in [-0.2, 0) is 16.3 Å². The number of hydrogen-bond acceptors (Lipinski definition) is 3. The summed E-state index contributed by atoms with van der Waals surface area (Å²) < 4.78 is 22.0. The summed E-state index contributed by atoms with van der Waals surface area (Å²) in [5.41, 5.74) is 1.27. The summed E-state index contributed by atoms with van der Waals surface area (Å²) in [5, 5.41) is 6.31. The first-order chi connectivity index (χ1) is 9.51. The molecular weight excluding hydrogens is 274 g/mol. The van der Waals surface area contributed by atoms with Gasteiger partial charge in [-0.25, -0.2) is 8.42 Å². The third-order valence-electron chi connectivity index (χ3n) is 2.76. The third kappa shape index (κ3) is 7.78.